The average Bonchev–Trinajstić information content (AvgIpc) is 2.93. The molecule has 0 saturated carbocycles. The second kappa shape index (κ2) is 7.59. The van der Waals surface area contributed by atoms with E-state index >= 15 is 0 Å². The molecule has 2 aromatic rings. The van der Waals surface area contributed by atoms with Crippen LogP contribution < -0.4 is 0 Å². The Kier molecular flexibility index (Phi) is 5.51. The predicted molar refractivity (Wildman–Crippen MR) is 79.1 cm³/mol. The molecule has 0 spiro atoms. The highest BCUT2D eigenvalue weighted by molar-refractivity contribution is 5.88. The standard InChI is InChI=1S/C16H20N2O3/c1-13(2)20-8-9-21-16(19)15-10-17-18(12-15)11-14-6-4-3-5-7-14/h3-7,10,12-13H,8-9,11H2,1-2H3. The Hall–Kier alpha value is -2.14. The summed E-state index contributed by atoms with van der Waals surface area (Å²) in [7, 11) is 0. The van der Waals surface area contributed by atoms with Gasteiger partial charge in [-0.05, 0) is 19.4 Å². The Morgan fingerprint density at radius 3 is 2.71 bits per heavy atom. The van der Waals surface area contributed by atoms with Gasteiger partial charge in [-0.3, -0.25) is 4.68 Å². The van der Waals surface area contributed by atoms with Crippen LogP contribution in [0.15, 0.2) is 42.7 Å². The molecule has 0 bridgehead atoms. The molecule has 0 aliphatic carbocycles. The summed E-state index contributed by atoms with van der Waals surface area (Å²) < 4.78 is 12.2. The van der Waals surface area contributed by atoms with E-state index in [0.717, 1.165) is 5.56 Å². The number of carbonyl (C=O) groups excluding carboxylic acids is 1. The number of hydrogen-bond acceptors (Lipinski definition) is 4. The van der Waals surface area contributed by atoms with Crippen LogP contribution in [-0.4, -0.2) is 35.1 Å². The minimum absolute atomic E-state index is 0.136. The van der Waals surface area contributed by atoms with Crippen molar-refractivity contribution in [3.63, 3.8) is 0 Å². The van der Waals surface area contributed by atoms with E-state index in [1.165, 1.54) is 6.20 Å². The first-order chi connectivity index (χ1) is 10.1. The summed E-state index contributed by atoms with van der Waals surface area (Å²) in [6.45, 7) is 5.16. The molecule has 0 aliphatic heterocycles. The molecule has 1 heterocycles. The van der Waals surface area contributed by atoms with Gasteiger partial charge in [-0.15, -0.1) is 0 Å². The lowest BCUT2D eigenvalue weighted by molar-refractivity contribution is 0.0177. The number of benzene rings is 1. The van der Waals surface area contributed by atoms with E-state index in [9.17, 15) is 4.79 Å². The summed E-state index contributed by atoms with van der Waals surface area (Å²) in [6, 6.07) is 9.95. The minimum atomic E-state index is -0.373. The van der Waals surface area contributed by atoms with Crippen molar-refractivity contribution in [1.82, 2.24) is 9.78 Å². The van der Waals surface area contributed by atoms with E-state index in [1.54, 1.807) is 10.9 Å². The Bertz CT molecular complexity index is 564. The Labute approximate surface area is 124 Å². The zero-order valence-electron chi connectivity index (χ0n) is 12.4. The monoisotopic (exact) mass is 288 g/mol. The van der Waals surface area contributed by atoms with Crippen LogP contribution in [0.3, 0.4) is 0 Å². The Morgan fingerprint density at radius 2 is 2.00 bits per heavy atom. The average molecular weight is 288 g/mol. The van der Waals surface area contributed by atoms with Crippen LogP contribution in [0.4, 0.5) is 0 Å². The molecule has 0 unspecified atom stereocenters. The van der Waals surface area contributed by atoms with Gasteiger partial charge in [0.15, 0.2) is 0 Å². The van der Waals surface area contributed by atoms with Gasteiger partial charge in [-0.1, -0.05) is 30.3 Å². The lowest BCUT2D eigenvalue weighted by Crippen LogP contribution is -2.13. The highest BCUT2D eigenvalue weighted by Gasteiger charge is 2.10. The van der Waals surface area contributed by atoms with E-state index in [4.69, 9.17) is 9.47 Å². The summed E-state index contributed by atoms with van der Waals surface area (Å²) in [5.41, 5.74) is 1.58. The lowest BCUT2D eigenvalue weighted by Gasteiger charge is -2.07. The maximum Gasteiger partial charge on any atom is 0.341 e. The molecule has 0 fully saturated rings. The summed E-state index contributed by atoms with van der Waals surface area (Å²) >= 11 is 0. The second-order valence-corrected chi connectivity index (χ2v) is 4.97. The lowest BCUT2D eigenvalue weighted by atomic mass is 10.2. The fraction of sp³-hybridized carbons (Fsp3) is 0.375. The molecule has 0 atom stereocenters. The van der Waals surface area contributed by atoms with E-state index in [1.807, 2.05) is 44.2 Å². The molecule has 2 rings (SSSR count). The van der Waals surface area contributed by atoms with Gasteiger partial charge in [0.05, 0.1) is 31.0 Å². The fourth-order valence-electron chi connectivity index (χ4n) is 1.83. The maximum atomic E-state index is 11.8. The third-order valence-corrected chi connectivity index (χ3v) is 2.82. The van der Waals surface area contributed by atoms with Crippen LogP contribution in [-0.2, 0) is 16.0 Å². The quantitative estimate of drug-likeness (QED) is 0.580. The highest BCUT2D eigenvalue weighted by Crippen LogP contribution is 2.05. The van der Waals surface area contributed by atoms with Crippen molar-refractivity contribution in [2.24, 2.45) is 0 Å². The van der Waals surface area contributed by atoms with Crippen LogP contribution in [0.1, 0.15) is 29.8 Å². The molecule has 5 heteroatoms. The molecule has 0 N–H and O–H groups in total. The number of carbonyl (C=O) groups is 1. The van der Waals surface area contributed by atoms with Gasteiger partial charge in [0.1, 0.15) is 6.61 Å². The van der Waals surface area contributed by atoms with Crippen LogP contribution in [0.25, 0.3) is 0 Å². The van der Waals surface area contributed by atoms with Gasteiger partial charge >= 0.3 is 5.97 Å². The predicted octanol–water partition coefficient (Wildman–Crippen LogP) is 2.51. The van der Waals surface area contributed by atoms with E-state index in [0.29, 0.717) is 18.7 Å². The van der Waals surface area contributed by atoms with Crippen LogP contribution >= 0.6 is 0 Å². The molecular formula is C16H20N2O3. The SMILES string of the molecule is CC(C)OCCOC(=O)c1cnn(Cc2ccccc2)c1. The van der Waals surface area contributed by atoms with Gasteiger partial charge in [-0.2, -0.15) is 5.10 Å². The van der Waals surface area contributed by atoms with E-state index < -0.39 is 0 Å². The zero-order chi connectivity index (χ0) is 15.1. The van der Waals surface area contributed by atoms with Gasteiger partial charge in [0, 0.05) is 6.20 Å². The topological polar surface area (TPSA) is 53.4 Å². The largest absolute Gasteiger partial charge is 0.460 e. The number of nitrogens with zero attached hydrogens (tertiary/aromatic N) is 2. The summed E-state index contributed by atoms with van der Waals surface area (Å²) in [6.07, 6.45) is 3.35. The number of aromatic nitrogens is 2. The first-order valence-electron chi connectivity index (χ1n) is 7.00. The van der Waals surface area contributed by atoms with E-state index in [2.05, 4.69) is 5.10 Å². The highest BCUT2D eigenvalue weighted by atomic mass is 16.6. The number of rotatable bonds is 7. The summed E-state index contributed by atoms with van der Waals surface area (Å²) in [4.78, 5) is 11.8. The molecule has 0 saturated heterocycles. The van der Waals surface area contributed by atoms with E-state index in [-0.39, 0.29) is 18.7 Å². The van der Waals surface area contributed by atoms with Crippen molar-refractivity contribution in [2.45, 2.75) is 26.5 Å². The molecule has 0 radical (unpaired) electrons. The normalized spacial score (nSPS) is 10.8. The van der Waals surface area contributed by atoms with Crippen molar-refractivity contribution >= 4 is 5.97 Å². The molecule has 1 aromatic heterocycles. The van der Waals surface area contributed by atoms with Crippen molar-refractivity contribution < 1.29 is 14.3 Å². The fourth-order valence-corrected chi connectivity index (χ4v) is 1.83. The smallest absolute Gasteiger partial charge is 0.341 e. The van der Waals surface area contributed by atoms with Crippen molar-refractivity contribution in [3.05, 3.63) is 53.9 Å². The van der Waals surface area contributed by atoms with Crippen LogP contribution in [0.5, 0.6) is 0 Å². The third-order valence-electron chi connectivity index (χ3n) is 2.82. The van der Waals surface area contributed by atoms with Gasteiger partial charge < -0.3 is 9.47 Å². The Balaban J connectivity index is 1.83. The summed E-state index contributed by atoms with van der Waals surface area (Å²) in [5.74, 6) is -0.373. The first-order valence-corrected chi connectivity index (χ1v) is 7.00. The van der Waals surface area contributed by atoms with Crippen molar-refractivity contribution in [3.8, 4) is 0 Å². The van der Waals surface area contributed by atoms with Crippen LogP contribution in [0.2, 0.25) is 0 Å². The molecule has 0 aliphatic rings. The molecule has 21 heavy (non-hydrogen) atoms. The molecule has 0 amide bonds. The number of esters is 1. The third kappa shape index (κ3) is 5.04. The first kappa shape index (κ1) is 15.3. The minimum Gasteiger partial charge on any atom is -0.460 e. The van der Waals surface area contributed by atoms with Crippen LogP contribution in [0, 0.1) is 0 Å². The molecule has 1 aromatic carbocycles. The van der Waals surface area contributed by atoms with Gasteiger partial charge in [-0.25, -0.2) is 4.79 Å². The van der Waals surface area contributed by atoms with Crippen molar-refractivity contribution in [2.75, 3.05) is 13.2 Å². The molecule has 5 nitrogen and oxygen atoms in total. The summed E-state index contributed by atoms with van der Waals surface area (Å²) in [5, 5.41) is 4.17. The molecular weight excluding hydrogens is 268 g/mol. The number of ether oxygens (including phenoxy) is 2. The second-order valence-electron chi connectivity index (χ2n) is 4.97. The van der Waals surface area contributed by atoms with Crippen molar-refractivity contribution in [1.29, 1.82) is 0 Å². The maximum absolute atomic E-state index is 11.8. The molecule has 112 valence electrons. The number of hydrogen-bond donors (Lipinski definition) is 0. The van der Waals surface area contributed by atoms with Gasteiger partial charge in [0.25, 0.3) is 0 Å². The zero-order valence-corrected chi connectivity index (χ0v) is 12.4. The Morgan fingerprint density at radius 1 is 1.24 bits per heavy atom. The van der Waals surface area contributed by atoms with Gasteiger partial charge in [0.2, 0.25) is 0 Å².